The molecule has 2 aromatic rings. The number of halogens is 18. The fraction of sp³-hybridized carbons (Fsp3) is 0.435. The van der Waals surface area contributed by atoms with Gasteiger partial charge in [0.1, 0.15) is 0 Å². The van der Waals surface area contributed by atoms with Crippen LogP contribution >= 0.6 is 0 Å². The van der Waals surface area contributed by atoms with Crippen molar-refractivity contribution in [2.24, 2.45) is 0 Å². The van der Waals surface area contributed by atoms with Crippen molar-refractivity contribution < 1.29 is 103 Å². The average molecular weight is 768 g/mol. The molecule has 0 aliphatic heterocycles. The molecule has 0 N–H and O–H groups in total. The highest BCUT2D eigenvalue weighted by atomic mass is 19.4. The summed E-state index contributed by atoms with van der Waals surface area (Å²) in [4.78, 5) is 31.2. The van der Waals surface area contributed by atoms with Crippen LogP contribution in [-0.2, 0) is 9.47 Å². The number of nitro benzene ring substituents is 2. The molecule has 2 atom stereocenters. The Kier molecular flexibility index (Phi) is 10.6. The molecule has 0 radical (unpaired) electrons. The number of nitro groups is 2. The molecule has 50 heavy (non-hydrogen) atoms. The quantitative estimate of drug-likeness (QED) is 0.0913. The Morgan fingerprint density at radius 2 is 0.720 bits per heavy atom. The van der Waals surface area contributed by atoms with Crippen LogP contribution in [0.2, 0.25) is 0 Å². The lowest BCUT2D eigenvalue weighted by Gasteiger charge is -2.38. The van der Waals surface area contributed by atoms with Gasteiger partial charge >= 0.3 is 54.0 Å². The van der Waals surface area contributed by atoms with Gasteiger partial charge in [-0.25, -0.2) is 4.79 Å². The van der Waals surface area contributed by atoms with Gasteiger partial charge in [0.15, 0.2) is 0 Å². The highest BCUT2D eigenvalue weighted by molar-refractivity contribution is 5.61. The number of alkyl halides is 18. The van der Waals surface area contributed by atoms with E-state index in [1.807, 2.05) is 0 Å². The Labute approximate surface area is 261 Å². The van der Waals surface area contributed by atoms with E-state index in [0.29, 0.717) is 0 Å². The number of hydrogen-bond acceptors (Lipinski definition) is 7. The molecule has 0 amide bonds. The minimum Gasteiger partial charge on any atom is -0.419 e. The summed E-state index contributed by atoms with van der Waals surface area (Å²) in [5.41, 5.74) is -6.20. The predicted molar refractivity (Wildman–Crippen MR) is 121 cm³/mol. The molecule has 2 aromatic carbocycles. The van der Waals surface area contributed by atoms with Gasteiger partial charge in [0.05, 0.1) is 9.85 Å². The molecular weight excluding hydrogens is 758 g/mol. The summed E-state index contributed by atoms with van der Waals surface area (Å²) in [6, 6.07) is -0.639. The highest BCUT2D eigenvalue weighted by Crippen LogP contribution is 2.59. The Hall–Kier alpha value is -4.75. The standard InChI is InChI=1S/C23H10F18N2O7/c24-16(25,18(28,29)20(32,33)22(36,37)38)13(9-1-5-11(6-2-9)42(45)46)49-15(44)50-14(10-3-7-12(8-4-10)43(47)48)17(26,27)19(30,31)21(34,35)23(39,40)41/h1-8,13-14H. The summed E-state index contributed by atoms with van der Waals surface area (Å²) in [5.74, 6) is -45.3. The molecule has 0 spiro atoms. The van der Waals surface area contributed by atoms with E-state index in [0.717, 1.165) is 0 Å². The van der Waals surface area contributed by atoms with E-state index in [1.165, 1.54) is 0 Å². The fourth-order valence-electron chi connectivity index (χ4n) is 3.57. The first-order valence-electron chi connectivity index (χ1n) is 12.0. The van der Waals surface area contributed by atoms with Crippen molar-refractivity contribution in [1.29, 1.82) is 0 Å². The number of carbonyl (C=O) groups is 1. The van der Waals surface area contributed by atoms with E-state index < -0.39 is 98.6 Å². The Bertz CT molecular complexity index is 1460. The summed E-state index contributed by atoms with van der Waals surface area (Å²) in [6.07, 6.45) is -28.0. The zero-order chi connectivity index (χ0) is 39.3. The van der Waals surface area contributed by atoms with Crippen molar-refractivity contribution >= 4 is 17.5 Å². The molecule has 0 aromatic heterocycles. The van der Waals surface area contributed by atoms with Gasteiger partial charge in [0.2, 0.25) is 12.2 Å². The molecule has 0 aliphatic rings. The Morgan fingerprint density at radius 3 is 0.920 bits per heavy atom. The normalized spacial score (nSPS) is 15.2. The number of ether oxygens (including phenoxy) is 2. The molecule has 0 heterocycles. The zero-order valence-electron chi connectivity index (χ0n) is 22.8. The summed E-state index contributed by atoms with van der Waals surface area (Å²) in [7, 11) is 0. The van der Waals surface area contributed by atoms with E-state index in [1.54, 1.807) is 0 Å². The van der Waals surface area contributed by atoms with Crippen LogP contribution in [0.1, 0.15) is 23.3 Å². The first-order valence-corrected chi connectivity index (χ1v) is 12.0. The summed E-state index contributed by atoms with van der Waals surface area (Å²) < 4.78 is 254. The number of rotatable bonds is 12. The number of benzene rings is 2. The maximum absolute atomic E-state index is 14.9. The van der Waals surface area contributed by atoms with Crippen LogP contribution in [0.4, 0.5) is 95.2 Å². The lowest BCUT2D eigenvalue weighted by atomic mass is 9.93. The number of carbonyl (C=O) groups excluding carboxylic acids is 1. The lowest BCUT2D eigenvalue weighted by molar-refractivity contribution is -0.409. The minimum atomic E-state index is -7.77. The molecule has 0 aliphatic carbocycles. The van der Waals surface area contributed by atoms with Crippen LogP contribution in [0.5, 0.6) is 0 Å². The zero-order valence-corrected chi connectivity index (χ0v) is 22.8. The molecule has 0 fully saturated rings. The molecule has 9 nitrogen and oxygen atoms in total. The second-order valence-electron chi connectivity index (χ2n) is 9.48. The van der Waals surface area contributed by atoms with E-state index in [4.69, 9.17) is 0 Å². The smallest absolute Gasteiger partial charge is 0.419 e. The third kappa shape index (κ3) is 6.97. The second-order valence-corrected chi connectivity index (χ2v) is 9.48. The molecule has 2 unspecified atom stereocenters. The van der Waals surface area contributed by atoms with Crippen molar-refractivity contribution in [3.8, 4) is 0 Å². The van der Waals surface area contributed by atoms with Crippen molar-refractivity contribution in [2.45, 2.75) is 60.1 Å². The maximum Gasteiger partial charge on any atom is 0.509 e. The van der Waals surface area contributed by atoms with Gasteiger partial charge in [-0.3, -0.25) is 20.2 Å². The summed E-state index contributed by atoms with van der Waals surface area (Å²) >= 11 is 0. The van der Waals surface area contributed by atoms with Crippen molar-refractivity contribution in [2.75, 3.05) is 0 Å². The van der Waals surface area contributed by atoms with Crippen molar-refractivity contribution in [1.82, 2.24) is 0 Å². The number of non-ortho nitro benzene ring substituents is 2. The first-order chi connectivity index (χ1) is 22.2. The lowest BCUT2D eigenvalue weighted by Crippen LogP contribution is -2.63. The van der Waals surface area contributed by atoms with Gasteiger partial charge < -0.3 is 9.47 Å². The van der Waals surface area contributed by atoms with Gasteiger partial charge in [-0.15, -0.1) is 0 Å². The van der Waals surface area contributed by atoms with E-state index in [-0.39, 0.29) is 48.5 Å². The number of nitrogens with zero attached hydrogens (tertiary/aromatic N) is 2. The molecule has 0 saturated heterocycles. The summed E-state index contributed by atoms with van der Waals surface area (Å²) in [5, 5.41) is 21.6. The molecule has 0 bridgehead atoms. The molecule has 0 saturated carbocycles. The highest BCUT2D eigenvalue weighted by Gasteiger charge is 2.85. The maximum atomic E-state index is 14.9. The van der Waals surface area contributed by atoms with Crippen molar-refractivity contribution in [3.63, 3.8) is 0 Å². The monoisotopic (exact) mass is 768 g/mol. The van der Waals surface area contributed by atoms with Gasteiger partial charge in [0, 0.05) is 24.3 Å². The van der Waals surface area contributed by atoms with E-state index in [2.05, 4.69) is 9.47 Å². The predicted octanol–water partition coefficient (Wildman–Crippen LogP) is 9.37. The van der Waals surface area contributed by atoms with Crippen LogP contribution in [-0.4, -0.2) is 63.9 Å². The Balaban J connectivity index is 2.80. The fourth-order valence-corrected chi connectivity index (χ4v) is 3.57. The SMILES string of the molecule is O=C(OC(c1ccc([N+](=O)[O-])cc1)C(F)(F)C(F)(F)C(F)(F)C(F)(F)F)OC(c1ccc([N+](=O)[O-])cc1)C(F)(F)C(F)(F)C(F)(F)C(F)(F)F. The van der Waals surface area contributed by atoms with Crippen LogP contribution in [0, 0.1) is 20.2 Å². The first kappa shape index (κ1) is 41.4. The second kappa shape index (κ2) is 12.9. The van der Waals surface area contributed by atoms with Gasteiger partial charge in [-0.2, -0.15) is 79.0 Å². The largest absolute Gasteiger partial charge is 0.509 e. The third-order valence-corrected chi connectivity index (χ3v) is 6.24. The molecule has 2 rings (SSSR count). The van der Waals surface area contributed by atoms with Crippen LogP contribution in [0.25, 0.3) is 0 Å². The summed E-state index contributed by atoms with van der Waals surface area (Å²) in [6.45, 7) is 0. The Morgan fingerprint density at radius 1 is 0.480 bits per heavy atom. The van der Waals surface area contributed by atoms with Gasteiger partial charge in [-0.05, 0) is 35.4 Å². The topological polar surface area (TPSA) is 122 Å². The van der Waals surface area contributed by atoms with Crippen LogP contribution < -0.4 is 0 Å². The minimum absolute atomic E-state index is 0.0285. The van der Waals surface area contributed by atoms with Gasteiger partial charge in [-0.1, -0.05) is 0 Å². The van der Waals surface area contributed by atoms with E-state index >= 15 is 0 Å². The van der Waals surface area contributed by atoms with Crippen LogP contribution in [0.15, 0.2) is 48.5 Å². The average Bonchev–Trinajstić information content (AvgIpc) is 2.97. The van der Waals surface area contributed by atoms with Gasteiger partial charge in [0.25, 0.3) is 11.4 Å². The van der Waals surface area contributed by atoms with Crippen molar-refractivity contribution in [3.05, 3.63) is 79.9 Å². The molecule has 27 heteroatoms. The third-order valence-electron chi connectivity index (χ3n) is 6.24. The number of hydrogen-bond donors (Lipinski definition) is 0. The van der Waals surface area contributed by atoms with Crippen LogP contribution in [0.3, 0.4) is 0 Å². The molecule has 280 valence electrons. The molecular formula is C23H10F18N2O7. The van der Waals surface area contributed by atoms with E-state index in [9.17, 15) is 104 Å².